The molecule has 19 heavy (non-hydrogen) atoms. The molecule has 1 nitrogen and oxygen atoms in total. The quantitative estimate of drug-likeness (QED) is 0.773. The van der Waals surface area contributed by atoms with E-state index in [4.69, 9.17) is 0 Å². The van der Waals surface area contributed by atoms with Crippen molar-refractivity contribution in [2.75, 3.05) is 0 Å². The van der Waals surface area contributed by atoms with E-state index in [9.17, 15) is 5.11 Å². The number of hydrogen-bond acceptors (Lipinski definition) is 1. The van der Waals surface area contributed by atoms with Crippen LogP contribution in [-0.2, 0) is 0 Å². The zero-order valence-corrected chi connectivity index (χ0v) is 11.3. The molecule has 2 aromatic rings. The Balaban J connectivity index is 2.07. The van der Waals surface area contributed by atoms with Crippen LogP contribution < -0.4 is 0 Å². The number of rotatable bonds is 5. The van der Waals surface area contributed by atoms with Gasteiger partial charge in [0.2, 0.25) is 0 Å². The molecule has 0 aliphatic carbocycles. The van der Waals surface area contributed by atoms with Gasteiger partial charge in [0.1, 0.15) is 0 Å². The Morgan fingerprint density at radius 2 is 1.95 bits per heavy atom. The summed E-state index contributed by atoms with van der Waals surface area (Å²) in [5, 5.41) is 12.2. The van der Waals surface area contributed by atoms with Crippen LogP contribution in [0.25, 0.3) is 16.8 Å². The molecule has 0 spiro atoms. The fourth-order valence-electron chi connectivity index (χ4n) is 2.11. The van der Waals surface area contributed by atoms with Gasteiger partial charge in [0.05, 0.1) is 6.10 Å². The van der Waals surface area contributed by atoms with Crippen molar-refractivity contribution >= 4 is 16.8 Å². The molecule has 2 aromatic carbocycles. The van der Waals surface area contributed by atoms with Gasteiger partial charge in [-0.25, -0.2) is 0 Å². The predicted octanol–water partition coefficient (Wildman–Crippen LogP) is 4.57. The standard InChI is InChI=1S/C18H20O/c1-14(2)18(19)13-6-4-9-16-11-7-10-15-8-3-5-12-17(15)16/h3-5,7-12,18-19H,1,6,13H2,2H3. The highest BCUT2D eigenvalue weighted by atomic mass is 16.3. The Morgan fingerprint density at radius 3 is 2.74 bits per heavy atom. The number of hydrogen-bond donors (Lipinski definition) is 1. The van der Waals surface area contributed by atoms with Crippen LogP contribution >= 0.6 is 0 Å². The summed E-state index contributed by atoms with van der Waals surface area (Å²) in [4.78, 5) is 0. The monoisotopic (exact) mass is 252 g/mol. The van der Waals surface area contributed by atoms with E-state index in [0.717, 1.165) is 18.4 Å². The SMILES string of the molecule is C=C(C)C(O)CCC=Cc1cccc2ccccc12. The first-order chi connectivity index (χ1) is 9.18. The summed E-state index contributed by atoms with van der Waals surface area (Å²) in [5.41, 5.74) is 2.06. The topological polar surface area (TPSA) is 20.2 Å². The highest BCUT2D eigenvalue weighted by Crippen LogP contribution is 2.20. The van der Waals surface area contributed by atoms with Gasteiger partial charge in [-0.3, -0.25) is 0 Å². The molecule has 0 amide bonds. The number of aliphatic hydroxyl groups is 1. The molecule has 0 aliphatic heterocycles. The van der Waals surface area contributed by atoms with E-state index >= 15 is 0 Å². The minimum atomic E-state index is -0.392. The predicted molar refractivity (Wildman–Crippen MR) is 83.0 cm³/mol. The highest BCUT2D eigenvalue weighted by Gasteiger charge is 2.02. The molecule has 1 unspecified atom stereocenters. The van der Waals surface area contributed by atoms with Crippen LogP contribution in [0.1, 0.15) is 25.3 Å². The fraction of sp³-hybridized carbons (Fsp3) is 0.222. The number of allylic oxidation sites excluding steroid dienone is 1. The van der Waals surface area contributed by atoms with E-state index in [1.807, 2.05) is 6.92 Å². The summed E-state index contributed by atoms with van der Waals surface area (Å²) in [5.74, 6) is 0. The molecule has 1 atom stereocenters. The maximum atomic E-state index is 9.66. The number of aliphatic hydroxyl groups excluding tert-OH is 1. The summed E-state index contributed by atoms with van der Waals surface area (Å²) in [6, 6.07) is 14.7. The van der Waals surface area contributed by atoms with Crippen LogP contribution in [0.5, 0.6) is 0 Å². The Morgan fingerprint density at radius 1 is 1.21 bits per heavy atom. The summed E-state index contributed by atoms with van der Waals surface area (Å²) in [7, 11) is 0. The largest absolute Gasteiger partial charge is 0.389 e. The summed E-state index contributed by atoms with van der Waals surface area (Å²) in [6.45, 7) is 5.62. The maximum Gasteiger partial charge on any atom is 0.0747 e. The molecule has 0 fully saturated rings. The fourth-order valence-corrected chi connectivity index (χ4v) is 2.11. The highest BCUT2D eigenvalue weighted by molar-refractivity contribution is 5.90. The van der Waals surface area contributed by atoms with Gasteiger partial charge < -0.3 is 5.11 Å². The molecular weight excluding hydrogens is 232 g/mol. The smallest absolute Gasteiger partial charge is 0.0747 e. The minimum absolute atomic E-state index is 0.392. The summed E-state index contributed by atoms with van der Waals surface area (Å²) in [6.07, 6.45) is 5.45. The molecule has 0 aromatic heterocycles. The molecule has 0 heterocycles. The zero-order chi connectivity index (χ0) is 13.7. The zero-order valence-electron chi connectivity index (χ0n) is 11.3. The third-order valence-electron chi connectivity index (χ3n) is 3.30. The van der Waals surface area contributed by atoms with Gasteiger partial charge in [0.25, 0.3) is 0 Å². The second-order valence-electron chi connectivity index (χ2n) is 4.91. The second-order valence-corrected chi connectivity index (χ2v) is 4.91. The maximum absolute atomic E-state index is 9.66. The Kier molecular flexibility index (Phi) is 4.53. The van der Waals surface area contributed by atoms with Crippen LogP contribution in [0, 0.1) is 0 Å². The van der Waals surface area contributed by atoms with Crippen molar-refractivity contribution in [3.63, 3.8) is 0 Å². The average Bonchev–Trinajstić information content (AvgIpc) is 2.43. The molecule has 0 saturated heterocycles. The van der Waals surface area contributed by atoms with Crippen LogP contribution in [0.15, 0.2) is 60.7 Å². The average molecular weight is 252 g/mol. The van der Waals surface area contributed by atoms with Gasteiger partial charge in [0, 0.05) is 0 Å². The lowest BCUT2D eigenvalue weighted by Crippen LogP contribution is -2.05. The minimum Gasteiger partial charge on any atom is -0.389 e. The lowest BCUT2D eigenvalue weighted by Gasteiger charge is -2.07. The lowest BCUT2D eigenvalue weighted by molar-refractivity contribution is 0.202. The first-order valence-electron chi connectivity index (χ1n) is 6.66. The molecule has 0 radical (unpaired) electrons. The van der Waals surface area contributed by atoms with E-state index in [-0.39, 0.29) is 0 Å². The first kappa shape index (κ1) is 13.6. The van der Waals surface area contributed by atoms with Gasteiger partial charge in [0.15, 0.2) is 0 Å². The van der Waals surface area contributed by atoms with Crippen molar-refractivity contribution < 1.29 is 5.11 Å². The van der Waals surface area contributed by atoms with Crippen LogP contribution in [0.2, 0.25) is 0 Å². The van der Waals surface area contributed by atoms with Crippen molar-refractivity contribution in [1.82, 2.24) is 0 Å². The molecule has 0 aliphatic rings. The van der Waals surface area contributed by atoms with Gasteiger partial charge in [-0.15, -0.1) is 0 Å². The van der Waals surface area contributed by atoms with Gasteiger partial charge in [-0.2, -0.15) is 0 Å². The normalized spacial score (nSPS) is 12.9. The molecular formula is C18H20O. The summed E-state index contributed by atoms with van der Waals surface area (Å²) >= 11 is 0. The van der Waals surface area contributed by atoms with E-state index in [0.29, 0.717) is 0 Å². The van der Waals surface area contributed by atoms with Crippen molar-refractivity contribution in [1.29, 1.82) is 0 Å². The van der Waals surface area contributed by atoms with Crippen molar-refractivity contribution in [2.24, 2.45) is 0 Å². The van der Waals surface area contributed by atoms with Gasteiger partial charge in [-0.05, 0) is 36.1 Å². The lowest BCUT2D eigenvalue weighted by atomic mass is 10.0. The Bertz CT molecular complexity index is 590. The van der Waals surface area contributed by atoms with E-state index in [2.05, 4.69) is 61.2 Å². The number of benzene rings is 2. The van der Waals surface area contributed by atoms with Crippen LogP contribution in [0.3, 0.4) is 0 Å². The molecule has 0 saturated carbocycles. The van der Waals surface area contributed by atoms with Crippen LogP contribution in [0.4, 0.5) is 0 Å². The third kappa shape index (κ3) is 3.55. The van der Waals surface area contributed by atoms with Crippen LogP contribution in [-0.4, -0.2) is 11.2 Å². The molecule has 1 N–H and O–H groups in total. The third-order valence-corrected chi connectivity index (χ3v) is 3.30. The molecule has 98 valence electrons. The van der Waals surface area contributed by atoms with Crippen molar-refractivity contribution in [2.45, 2.75) is 25.9 Å². The summed E-state index contributed by atoms with van der Waals surface area (Å²) < 4.78 is 0. The molecule has 0 bridgehead atoms. The van der Waals surface area contributed by atoms with E-state index in [1.54, 1.807) is 0 Å². The second kappa shape index (κ2) is 6.35. The van der Waals surface area contributed by atoms with E-state index in [1.165, 1.54) is 16.3 Å². The van der Waals surface area contributed by atoms with E-state index < -0.39 is 6.10 Å². The Hall–Kier alpha value is -1.86. The van der Waals surface area contributed by atoms with Crippen molar-refractivity contribution in [3.05, 3.63) is 66.3 Å². The van der Waals surface area contributed by atoms with Crippen molar-refractivity contribution in [3.8, 4) is 0 Å². The molecule has 1 heteroatoms. The number of fused-ring (bicyclic) bond motifs is 1. The Labute approximate surface area is 114 Å². The van der Waals surface area contributed by atoms with Gasteiger partial charge >= 0.3 is 0 Å². The molecule has 2 rings (SSSR count). The first-order valence-corrected chi connectivity index (χ1v) is 6.66. The van der Waals surface area contributed by atoms with Gasteiger partial charge in [-0.1, -0.05) is 66.8 Å².